The summed E-state index contributed by atoms with van der Waals surface area (Å²) < 4.78 is 7.98. The predicted molar refractivity (Wildman–Crippen MR) is 82.7 cm³/mol. The molecule has 2 heterocycles. The summed E-state index contributed by atoms with van der Waals surface area (Å²) in [4.78, 5) is 11.7. The van der Waals surface area contributed by atoms with E-state index < -0.39 is 0 Å². The molecular formula is C14H22N4OS. The Morgan fingerprint density at radius 1 is 1.25 bits per heavy atom. The van der Waals surface area contributed by atoms with Crippen LogP contribution in [0.15, 0.2) is 6.33 Å². The minimum absolute atomic E-state index is 0.146. The number of fused-ring (bicyclic) bond motifs is 1. The number of nitrogens with one attached hydrogen (secondary N) is 1. The summed E-state index contributed by atoms with van der Waals surface area (Å²) in [6.07, 6.45) is 2.49. The van der Waals surface area contributed by atoms with Crippen molar-refractivity contribution < 1.29 is 4.74 Å². The maximum atomic E-state index is 5.48. The Kier molecular flexibility index (Phi) is 3.62. The van der Waals surface area contributed by atoms with Crippen molar-refractivity contribution in [2.75, 3.05) is 7.11 Å². The Balaban J connectivity index is 2.66. The molecule has 0 fully saturated rings. The largest absolute Gasteiger partial charge is 0.479 e. The Bertz CT molecular complexity index is 679. The lowest BCUT2D eigenvalue weighted by Crippen LogP contribution is -2.31. The van der Waals surface area contributed by atoms with Crippen LogP contribution < -0.4 is 4.74 Å². The molecule has 20 heavy (non-hydrogen) atoms. The second kappa shape index (κ2) is 4.84. The van der Waals surface area contributed by atoms with E-state index in [-0.39, 0.29) is 11.0 Å². The molecule has 0 bridgehead atoms. The van der Waals surface area contributed by atoms with Crippen LogP contribution in [0.2, 0.25) is 0 Å². The number of rotatable bonds is 3. The monoisotopic (exact) mass is 294 g/mol. The van der Waals surface area contributed by atoms with Crippen molar-refractivity contribution in [1.82, 2.24) is 19.5 Å². The van der Waals surface area contributed by atoms with Gasteiger partial charge >= 0.3 is 0 Å². The molecule has 0 amide bonds. The second-order valence-corrected chi connectivity index (χ2v) is 7.28. The van der Waals surface area contributed by atoms with Crippen molar-refractivity contribution in [1.29, 1.82) is 0 Å². The molecule has 1 N–H and O–H groups in total. The molecule has 0 saturated heterocycles. The van der Waals surface area contributed by atoms with E-state index in [9.17, 15) is 0 Å². The van der Waals surface area contributed by atoms with Crippen LogP contribution >= 0.6 is 12.2 Å². The number of ether oxygens (including phenoxy) is 1. The fourth-order valence-electron chi connectivity index (χ4n) is 2.99. The van der Waals surface area contributed by atoms with Crippen molar-refractivity contribution in [2.45, 2.75) is 46.6 Å². The van der Waals surface area contributed by atoms with Crippen LogP contribution in [0.25, 0.3) is 11.2 Å². The van der Waals surface area contributed by atoms with E-state index in [1.54, 1.807) is 7.11 Å². The van der Waals surface area contributed by atoms with E-state index in [0.29, 0.717) is 10.7 Å². The predicted octanol–water partition coefficient (Wildman–Crippen LogP) is 3.67. The fraction of sp³-hybridized carbons (Fsp3) is 0.643. The first kappa shape index (κ1) is 15.0. The van der Waals surface area contributed by atoms with E-state index in [2.05, 4.69) is 54.1 Å². The van der Waals surface area contributed by atoms with Crippen LogP contribution in [0.3, 0.4) is 0 Å². The Morgan fingerprint density at radius 2 is 1.90 bits per heavy atom. The Morgan fingerprint density at radius 3 is 2.45 bits per heavy atom. The molecule has 0 atom stereocenters. The van der Waals surface area contributed by atoms with E-state index >= 15 is 0 Å². The summed E-state index contributed by atoms with van der Waals surface area (Å²) in [5.41, 5.74) is 1.59. The van der Waals surface area contributed by atoms with Crippen molar-refractivity contribution in [3.63, 3.8) is 0 Å². The fourth-order valence-corrected chi connectivity index (χ4v) is 3.43. The van der Waals surface area contributed by atoms with Crippen molar-refractivity contribution in [3.05, 3.63) is 11.1 Å². The normalized spacial score (nSPS) is 12.9. The Hall–Kier alpha value is -1.43. The zero-order valence-electron chi connectivity index (χ0n) is 12.9. The molecule has 0 aliphatic heterocycles. The van der Waals surface area contributed by atoms with Gasteiger partial charge < -0.3 is 9.72 Å². The molecule has 2 aromatic heterocycles. The van der Waals surface area contributed by atoms with Crippen LogP contribution in [-0.4, -0.2) is 26.6 Å². The molecule has 0 aliphatic carbocycles. The van der Waals surface area contributed by atoms with E-state index in [0.717, 1.165) is 17.6 Å². The third-order valence-corrected chi connectivity index (χ3v) is 3.49. The van der Waals surface area contributed by atoms with Crippen LogP contribution in [0.5, 0.6) is 5.88 Å². The molecule has 0 unspecified atom stereocenters. The Labute approximate surface area is 124 Å². The third-order valence-electron chi connectivity index (χ3n) is 3.20. The second-order valence-electron chi connectivity index (χ2n) is 6.90. The smallest absolute Gasteiger partial charge is 0.242 e. The molecular weight excluding hydrogens is 272 g/mol. The number of hydrogen-bond donors (Lipinski definition) is 1. The standard InChI is InChI=1S/C14H22N4OS/c1-13(2,3)7-14(4,5)18-10-9(17-12(18)20)11(19-6)16-8-15-10/h8H,7H2,1-6H3,(H,17,20). The van der Waals surface area contributed by atoms with E-state index in [1.807, 2.05) is 0 Å². The topological polar surface area (TPSA) is 55.7 Å². The number of nitrogens with zero attached hydrogens (tertiary/aromatic N) is 3. The van der Waals surface area contributed by atoms with Crippen LogP contribution in [0.1, 0.15) is 41.0 Å². The number of imidazole rings is 1. The zero-order valence-corrected chi connectivity index (χ0v) is 13.8. The average Bonchev–Trinajstić information content (AvgIpc) is 2.61. The number of hydrogen-bond acceptors (Lipinski definition) is 4. The van der Waals surface area contributed by atoms with E-state index in [1.165, 1.54) is 6.33 Å². The summed E-state index contributed by atoms with van der Waals surface area (Å²) in [5, 5.41) is 0. The average molecular weight is 294 g/mol. The van der Waals surface area contributed by atoms with Gasteiger partial charge in [-0.15, -0.1) is 0 Å². The molecule has 0 aliphatic rings. The first-order chi connectivity index (χ1) is 9.15. The van der Waals surface area contributed by atoms with Gasteiger partial charge in [0.25, 0.3) is 0 Å². The first-order valence-corrected chi connectivity index (χ1v) is 7.07. The summed E-state index contributed by atoms with van der Waals surface area (Å²) in [5.74, 6) is 0.520. The van der Waals surface area contributed by atoms with Gasteiger partial charge in [0, 0.05) is 5.54 Å². The molecule has 110 valence electrons. The number of H-pyrrole nitrogens is 1. The number of aromatic amines is 1. The highest BCUT2D eigenvalue weighted by molar-refractivity contribution is 7.71. The van der Waals surface area contributed by atoms with Gasteiger partial charge in [0.05, 0.1) is 7.11 Å². The summed E-state index contributed by atoms with van der Waals surface area (Å²) in [6, 6.07) is 0. The van der Waals surface area contributed by atoms with Gasteiger partial charge in [-0.3, -0.25) is 4.57 Å². The molecule has 0 saturated carbocycles. The molecule has 0 radical (unpaired) electrons. The first-order valence-electron chi connectivity index (χ1n) is 6.66. The maximum Gasteiger partial charge on any atom is 0.242 e. The van der Waals surface area contributed by atoms with Gasteiger partial charge in [-0.05, 0) is 37.9 Å². The van der Waals surface area contributed by atoms with Gasteiger partial charge in [-0.1, -0.05) is 20.8 Å². The maximum absolute atomic E-state index is 5.48. The van der Waals surface area contributed by atoms with Crippen LogP contribution in [0, 0.1) is 10.2 Å². The lowest BCUT2D eigenvalue weighted by Gasteiger charge is -2.33. The molecule has 2 aromatic rings. The number of methoxy groups -OCH3 is 1. The highest BCUT2D eigenvalue weighted by Gasteiger charge is 2.30. The summed E-state index contributed by atoms with van der Waals surface area (Å²) in [6.45, 7) is 11.0. The molecule has 5 nitrogen and oxygen atoms in total. The highest BCUT2D eigenvalue weighted by Crippen LogP contribution is 2.35. The lowest BCUT2D eigenvalue weighted by atomic mass is 9.81. The van der Waals surface area contributed by atoms with Gasteiger partial charge in [0.15, 0.2) is 10.4 Å². The van der Waals surface area contributed by atoms with Crippen LogP contribution in [-0.2, 0) is 5.54 Å². The molecule has 0 spiro atoms. The molecule has 0 aromatic carbocycles. The van der Waals surface area contributed by atoms with Gasteiger partial charge in [-0.25, -0.2) is 4.98 Å². The quantitative estimate of drug-likeness (QED) is 0.878. The molecule has 2 rings (SSSR count). The highest BCUT2D eigenvalue weighted by atomic mass is 32.1. The third kappa shape index (κ3) is 2.70. The van der Waals surface area contributed by atoms with Crippen molar-refractivity contribution >= 4 is 23.4 Å². The van der Waals surface area contributed by atoms with E-state index in [4.69, 9.17) is 17.0 Å². The zero-order chi connectivity index (χ0) is 15.1. The minimum atomic E-state index is -0.146. The lowest BCUT2D eigenvalue weighted by molar-refractivity contribution is 0.217. The van der Waals surface area contributed by atoms with Crippen molar-refractivity contribution in [3.8, 4) is 5.88 Å². The summed E-state index contributed by atoms with van der Waals surface area (Å²) >= 11 is 5.48. The number of aromatic nitrogens is 4. The van der Waals surface area contributed by atoms with Crippen molar-refractivity contribution in [2.24, 2.45) is 5.41 Å². The van der Waals surface area contributed by atoms with Gasteiger partial charge in [0.1, 0.15) is 11.8 Å². The minimum Gasteiger partial charge on any atom is -0.479 e. The van der Waals surface area contributed by atoms with Gasteiger partial charge in [-0.2, -0.15) is 4.98 Å². The van der Waals surface area contributed by atoms with Gasteiger partial charge in [0.2, 0.25) is 5.88 Å². The summed E-state index contributed by atoms with van der Waals surface area (Å²) in [7, 11) is 1.59. The van der Waals surface area contributed by atoms with Crippen LogP contribution in [0.4, 0.5) is 0 Å². The molecule has 6 heteroatoms. The SMILES string of the molecule is COc1ncnc2c1[nH]c(=S)n2C(C)(C)CC(C)(C)C.